The third-order valence-electron chi connectivity index (χ3n) is 10.4. The van der Waals surface area contributed by atoms with E-state index in [4.69, 9.17) is 14.3 Å². The summed E-state index contributed by atoms with van der Waals surface area (Å²) in [5.41, 5.74) is 3.31. The molecule has 12 heteroatoms. The Kier molecular flexibility index (Phi) is 11.4. The normalized spacial score (nSPS) is 18.6. The number of benzene rings is 3. The van der Waals surface area contributed by atoms with Crippen LogP contribution in [0.5, 0.6) is 17.2 Å². The monoisotopic (exact) mass is 718 g/mol. The van der Waals surface area contributed by atoms with Crippen molar-refractivity contribution in [3.05, 3.63) is 97.3 Å². The molecule has 0 saturated carbocycles. The van der Waals surface area contributed by atoms with Crippen LogP contribution in [0.3, 0.4) is 0 Å². The van der Waals surface area contributed by atoms with E-state index in [-0.39, 0.29) is 11.9 Å². The maximum Gasteiger partial charge on any atom is 0.247 e. The summed E-state index contributed by atoms with van der Waals surface area (Å²) in [5, 5.41) is 8.29. The van der Waals surface area contributed by atoms with Crippen LogP contribution in [-0.2, 0) is 9.63 Å². The fourth-order valence-corrected chi connectivity index (χ4v) is 7.55. The number of nitrogens with one attached hydrogen (secondary N) is 2. The first-order chi connectivity index (χ1) is 25.9. The Morgan fingerprint density at radius 3 is 2.42 bits per heavy atom. The van der Waals surface area contributed by atoms with E-state index in [1.807, 2.05) is 71.8 Å². The molecule has 4 aromatic rings. The van der Waals surface area contributed by atoms with Crippen molar-refractivity contribution in [2.75, 3.05) is 73.6 Å². The lowest BCUT2D eigenvalue weighted by atomic mass is 10.0. The molecular formula is C41H50N8O4. The van der Waals surface area contributed by atoms with Gasteiger partial charge in [-0.2, -0.15) is 0 Å². The second-order valence-electron chi connectivity index (χ2n) is 14.0. The molecule has 0 unspecified atom stereocenters. The molecule has 3 saturated heterocycles. The molecule has 0 spiro atoms. The van der Waals surface area contributed by atoms with Crippen LogP contribution >= 0.6 is 0 Å². The zero-order valence-corrected chi connectivity index (χ0v) is 30.9. The topological polar surface area (TPSA) is 108 Å². The van der Waals surface area contributed by atoms with Crippen LogP contribution in [0, 0.1) is 0 Å². The largest absolute Gasteiger partial charge is 0.494 e. The van der Waals surface area contributed by atoms with Gasteiger partial charge in [-0.3, -0.25) is 19.4 Å². The minimum absolute atomic E-state index is 0.0691. The number of piperazine rings is 1. The molecule has 2 N–H and O–H groups in total. The Hall–Kier alpha value is -5.17. The summed E-state index contributed by atoms with van der Waals surface area (Å²) in [6, 6.07) is 24.6. The summed E-state index contributed by atoms with van der Waals surface area (Å²) in [4.78, 5) is 35.4. The van der Waals surface area contributed by atoms with E-state index in [0.717, 1.165) is 81.3 Å². The van der Waals surface area contributed by atoms with Crippen molar-refractivity contribution >= 4 is 34.6 Å². The molecule has 1 aromatic heterocycles. The quantitative estimate of drug-likeness (QED) is 0.148. The van der Waals surface area contributed by atoms with Gasteiger partial charge in [0, 0.05) is 69.9 Å². The molecule has 1 amide bonds. The van der Waals surface area contributed by atoms with E-state index in [1.54, 1.807) is 7.11 Å². The second kappa shape index (κ2) is 16.7. The Bertz CT molecular complexity index is 1860. The number of para-hydroxylation sites is 1. The fourth-order valence-electron chi connectivity index (χ4n) is 7.55. The Labute approximate surface area is 312 Å². The van der Waals surface area contributed by atoms with Gasteiger partial charge < -0.3 is 25.0 Å². The number of hydrogen-bond acceptors (Lipinski definition) is 11. The van der Waals surface area contributed by atoms with Crippen molar-refractivity contribution in [3.63, 3.8) is 0 Å². The van der Waals surface area contributed by atoms with Crippen LogP contribution in [0.1, 0.15) is 44.7 Å². The molecule has 12 nitrogen and oxygen atoms in total. The molecule has 278 valence electrons. The van der Waals surface area contributed by atoms with Crippen LogP contribution in [0.2, 0.25) is 0 Å². The molecule has 4 heterocycles. The average Bonchev–Trinajstić information content (AvgIpc) is 3.69. The maximum absolute atomic E-state index is 12.7. The number of anilines is 5. The zero-order chi connectivity index (χ0) is 36.7. The number of hydrogen-bond donors (Lipinski definition) is 2. The SMILES string of the molecule is C=CC(=O)Nc1cc(Nc2cc(N3OCC[C@@H]3c3cccc(Oc4ccccc4)c3)ncn2)c(OC)cc1N1CCC(N2CCN(C(C)C)CC2)CC1. The van der Waals surface area contributed by atoms with Crippen molar-refractivity contribution in [1.82, 2.24) is 19.8 Å². The molecule has 0 radical (unpaired) electrons. The molecule has 0 aliphatic carbocycles. The molecule has 3 aliphatic rings. The number of rotatable bonds is 12. The predicted octanol–water partition coefficient (Wildman–Crippen LogP) is 7.02. The summed E-state index contributed by atoms with van der Waals surface area (Å²) >= 11 is 0. The minimum Gasteiger partial charge on any atom is -0.494 e. The lowest BCUT2D eigenvalue weighted by molar-refractivity contribution is -0.111. The van der Waals surface area contributed by atoms with Crippen molar-refractivity contribution < 1.29 is 19.1 Å². The highest BCUT2D eigenvalue weighted by molar-refractivity contribution is 6.02. The third-order valence-corrected chi connectivity index (χ3v) is 10.4. The first-order valence-electron chi connectivity index (χ1n) is 18.6. The van der Waals surface area contributed by atoms with Crippen molar-refractivity contribution in [2.24, 2.45) is 0 Å². The van der Waals surface area contributed by atoms with Crippen LogP contribution in [0.25, 0.3) is 0 Å². The number of amides is 1. The molecule has 0 bridgehead atoms. The van der Waals surface area contributed by atoms with Gasteiger partial charge in [0.05, 0.1) is 36.8 Å². The predicted molar refractivity (Wildman–Crippen MR) is 209 cm³/mol. The van der Waals surface area contributed by atoms with E-state index in [2.05, 4.69) is 61.8 Å². The fraction of sp³-hybridized carbons (Fsp3) is 0.390. The summed E-state index contributed by atoms with van der Waals surface area (Å²) in [5.74, 6) is 3.06. The van der Waals surface area contributed by atoms with Gasteiger partial charge in [-0.05, 0) is 68.7 Å². The van der Waals surface area contributed by atoms with Gasteiger partial charge in [0.2, 0.25) is 5.91 Å². The lowest BCUT2D eigenvalue weighted by Crippen LogP contribution is -2.54. The average molecular weight is 719 g/mol. The van der Waals surface area contributed by atoms with E-state index >= 15 is 0 Å². The summed E-state index contributed by atoms with van der Waals surface area (Å²) in [6.07, 6.45) is 5.71. The van der Waals surface area contributed by atoms with Crippen LogP contribution in [-0.4, -0.2) is 90.7 Å². The van der Waals surface area contributed by atoms with E-state index in [0.29, 0.717) is 47.5 Å². The number of aromatic nitrogens is 2. The highest BCUT2D eigenvalue weighted by Gasteiger charge is 2.31. The smallest absolute Gasteiger partial charge is 0.247 e. The van der Waals surface area contributed by atoms with Gasteiger partial charge in [0.15, 0.2) is 5.82 Å². The molecule has 53 heavy (non-hydrogen) atoms. The number of nitrogens with zero attached hydrogens (tertiary/aromatic N) is 6. The van der Waals surface area contributed by atoms with Crippen molar-refractivity contribution in [2.45, 2.75) is 51.2 Å². The Morgan fingerprint density at radius 2 is 1.68 bits per heavy atom. The Balaban J connectivity index is 1.07. The number of ether oxygens (including phenoxy) is 2. The minimum atomic E-state index is -0.278. The molecule has 3 aliphatic heterocycles. The van der Waals surface area contributed by atoms with Crippen LogP contribution in [0.4, 0.5) is 28.7 Å². The van der Waals surface area contributed by atoms with E-state index in [9.17, 15) is 4.79 Å². The van der Waals surface area contributed by atoms with Gasteiger partial charge in [0.25, 0.3) is 0 Å². The number of carbonyl (C=O) groups excluding carboxylic acids is 1. The highest BCUT2D eigenvalue weighted by atomic mass is 16.7. The van der Waals surface area contributed by atoms with Gasteiger partial charge >= 0.3 is 0 Å². The molecular weight excluding hydrogens is 669 g/mol. The third kappa shape index (κ3) is 8.56. The van der Waals surface area contributed by atoms with Crippen LogP contribution < -0.4 is 30.1 Å². The van der Waals surface area contributed by atoms with Gasteiger partial charge in [0.1, 0.15) is 29.4 Å². The van der Waals surface area contributed by atoms with Crippen molar-refractivity contribution in [3.8, 4) is 17.2 Å². The lowest BCUT2D eigenvalue weighted by Gasteiger charge is -2.44. The first kappa shape index (κ1) is 36.2. The first-order valence-corrected chi connectivity index (χ1v) is 18.6. The molecule has 7 rings (SSSR count). The summed E-state index contributed by atoms with van der Waals surface area (Å²) in [6.45, 7) is 15.0. The van der Waals surface area contributed by atoms with Gasteiger partial charge in [-0.25, -0.2) is 15.0 Å². The van der Waals surface area contributed by atoms with Crippen molar-refractivity contribution in [1.29, 1.82) is 0 Å². The van der Waals surface area contributed by atoms with Gasteiger partial charge in [-0.1, -0.05) is 36.9 Å². The number of methoxy groups -OCH3 is 1. The Morgan fingerprint density at radius 1 is 0.906 bits per heavy atom. The maximum atomic E-state index is 12.7. The standard InChI is InChI=1S/C41H50N8O4/c1-5-41(50)45-34-25-35(38(51-4)26-37(34)48-17-14-31(15-18-48)47-21-19-46(20-22-47)29(2)3)44-39-27-40(43-28-42-39)49-36(16-23-52-49)30-10-9-13-33(24-30)53-32-11-7-6-8-12-32/h5-13,24-29,31,36H,1,14-23H2,2-4H3,(H,45,50)(H,42,43,44)/t36-/m1/s1. The number of hydroxylamine groups is 1. The number of piperidine rings is 1. The zero-order valence-electron chi connectivity index (χ0n) is 30.9. The second-order valence-corrected chi connectivity index (χ2v) is 14.0. The molecule has 1 atom stereocenters. The summed E-state index contributed by atoms with van der Waals surface area (Å²) < 4.78 is 12.0. The van der Waals surface area contributed by atoms with Crippen LogP contribution in [0.15, 0.2) is 91.8 Å². The molecule has 3 fully saturated rings. The summed E-state index contributed by atoms with van der Waals surface area (Å²) in [7, 11) is 1.65. The molecule has 3 aromatic carbocycles. The number of carbonyl (C=O) groups is 1. The highest BCUT2D eigenvalue weighted by Crippen LogP contribution is 2.41. The van der Waals surface area contributed by atoms with E-state index < -0.39 is 0 Å². The van der Waals surface area contributed by atoms with Gasteiger partial charge in [-0.15, -0.1) is 0 Å². The van der Waals surface area contributed by atoms with E-state index in [1.165, 1.54) is 12.4 Å².